The predicted octanol–water partition coefficient (Wildman–Crippen LogP) is 2.59. The van der Waals surface area contributed by atoms with E-state index in [1.807, 2.05) is 13.2 Å². The zero-order valence-electron chi connectivity index (χ0n) is 12.2. The fraction of sp³-hybridized carbons (Fsp3) is 0.538. The van der Waals surface area contributed by atoms with Crippen molar-refractivity contribution in [1.82, 2.24) is 10.0 Å². The molecule has 0 aliphatic carbocycles. The molecule has 2 N–H and O–H groups in total. The number of rotatable bonds is 8. The van der Waals surface area contributed by atoms with Crippen molar-refractivity contribution in [2.45, 2.75) is 18.4 Å². The van der Waals surface area contributed by atoms with E-state index in [0.29, 0.717) is 10.0 Å². The Labute approximate surface area is 138 Å². The second-order valence-electron chi connectivity index (χ2n) is 4.82. The van der Waals surface area contributed by atoms with Crippen LogP contribution in [0.4, 0.5) is 4.39 Å². The van der Waals surface area contributed by atoms with Gasteiger partial charge in [-0.3, -0.25) is 0 Å². The van der Waals surface area contributed by atoms with Gasteiger partial charge in [-0.25, -0.2) is 17.5 Å². The molecule has 0 spiro atoms. The molecule has 0 aromatic heterocycles. The van der Waals surface area contributed by atoms with Crippen LogP contribution in [0.15, 0.2) is 21.5 Å². The topological polar surface area (TPSA) is 58.2 Å². The molecule has 0 saturated carbocycles. The molecule has 0 saturated heterocycles. The molecular weight excluding hydrogens is 379 g/mol. The van der Waals surface area contributed by atoms with Crippen LogP contribution in [0.5, 0.6) is 0 Å². The molecule has 1 atom stereocenters. The first-order chi connectivity index (χ1) is 9.81. The Morgan fingerprint density at radius 3 is 2.67 bits per heavy atom. The van der Waals surface area contributed by atoms with E-state index in [9.17, 15) is 12.8 Å². The van der Waals surface area contributed by atoms with Crippen LogP contribution >= 0.6 is 27.7 Å². The predicted molar refractivity (Wildman–Crippen MR) is 89.6 cm³/mol. The van der Waals surface area contributed by atoms with Crippen molar-refractivity contribution in [3.8, 4) is 0 Å². The summed E-state index contributed by atoms with van der Waals surface area (Å²) in [4.78, 5) is -0.321. The summed E-state index contributed by atoms with van der Waals surface area (Å²) in [5.41, 5.74) is 0.310. The first kappa shape index (κ1) is 18.9. The summed E-state index contributed by atoms with van der Waals surface area (Å²) in [6, 6.07) is 2.86. The van der Waals surface area contributed by atoms with Crippen LogP contribution in [0.1, 0.15) is 12.5 Å². The molecule has 0 bridgehead atoms. The highest BCUT2D eigenvalue weighted by atomic mass is 79.9. The van der Waals surface area contributed by atoms with E-state index < -0.39 is 15.8 Å². The summed E-state index contributed by atoms with van der Waals surface area (Å²) < 4.78 is 41.9. The maximum absolute atomic E-state index is 14.3. The van der Waals surface area contributed by atoms with Crippen molar-refractivity contribution in [3.05, 3.63) is 28.0 Å². The SMILES string of the molecule is CNCc1cc(Br)cc(S(=O)(=O)NCC(C)CSC)c1F. The highest BCUT2D eigenvalue weighted by Crippen LogP contribution is 2.24. The van der Waals surface area contributed by atoms with E-state index in [2.05, 4.69) is 26.0 Å². The number of benzene rings is 1. The van der Waals surface area contributed by atoms with Gasteiger partial charge in [0.1, 0.15) is 10.7 Å². The van der Waals surface area contributed by atoms with Gasteiger partial charge in [0, 0.05) is 23.1 Å². The summed E-state index contributed by atoms with van der Waals surface area (Å²) in [5.74, 6) is 0.313. The standard InChI is InChI=1S/C13H20BrFN2O2S2/c1-9(8-20-3)6-17-21(18,19)12-5-11(14)4-10(7-16-2)13(12)15/h4-5,9,16-17H,6-8H2,1-3H3. The fourth-order valence-electron chi connectivity index (χ4n) is 1.81. The lowest BCUT2D eigenvalue weighted by atomic mass is 10.2. The molecule has 0 aliphatic heterocycles. The molecule has 1 aromatic carbocycles. The molecule has 0 radical (unpaired) electrons. The molecule has 120 valence electrons. The molecule has 21 heavy (non-hydrogen) atoms. The van der Waals surface area contributed by atoms with Gasteiger partial charge in [0.2, 0.25) is 10.0 Å². The zero-order chi connectivity index (χ0) is 16.0. The number of nitrogens with one attached hydrogen (secondary N) is 2. The fourth-order valence-corrected chi connectivity index (χ4v) is 4.46. The quantitative estimate of drug-likeness (QED) is 0.706. The van der Waals surface area contributed by atoms with E-state index in [1.54, 1.807) is 24.9 Å². The smallest absolute Gasteiger partial charge is 0.243 e. The summed E-state index contributed by atoms with van der Waals surface area (Å²) in [6.45, 7) is 2.50. The molecule has 0 aliphatic rings. The maximum atomic E-state index is 14.3. The normalized spacial score (nSPS) is 13.4. The lowest BCUT2D eigenvalue weighted by Gasteiger charge is -2.14. The van der Waals surface area contributed by atoms with Crippen LogP contribution in [0.3, 0.4) is 0 Å². The van der Waals surface area contributed by atoms with E-state index in [0.717, 1.165) is 5.75 Å². The van der Waals surface area contributed by atoms with Crippen LogP contribution in [-0.4, -0.2) is 34.0 Å². The third kappa shape index (κ3) is 5.52. The van der Waals surface area contributed by atoms with Crippen LogP contribution in [0.25, 0.3) is 0 Å². The third-order valence-electron chi connectivity index (χ3n) is 2.81. The number of halogens is 2. The molecular formula is C13H20BrFN2O2S2. The van der Waals surface area contributed by atoms with Gasteiger partial charge in [0.25, 0.3) is 0 Å². The number of hydrogen-bond acceptors (Lipinski definition) is 4. The lowest BCUT2D eigenvalue weighted by Crippen LogP contribution is -2.30. The molecule has 0 heterocycles. The molecule has 8 heteroatoms. The Hall–Kier alpha value is -0.150. The van der Waals surface area contributed by atoms with Crippen molar-refractivity contribution in [2.75, 3.05) is 25.6 Å². The van der Waals surface area contributed by atoms with Crippen molar-refractivity contribution in [1.29, 1.82) is 0 Å². The highest BCUT2D eigenvalue weighted by Gasteiger charge is 2.22. The second-order valence-corrected chi connectivity index (χ2v) is 8.38. The van der Waals surface area contributed by atoms with Crippen LogP contribution in [0.2, 0.25) is 0 Å². The van der Waals surface area contributed by atoms with Crippen molar-refractivity contribution >= 4 is 37.7 Å². The van der Waals surface area contributed by atoms with Gasteiger partial charge in [0.15, 0.2) is 0 Å². The number of sulfonamides is 1. The van der Waals surface area contributed by atoms with E-state index in [1.165, 1.54) is 6.07 Å². The molecule has 1 rings (SSSR count). The third-order valence-corrected chi connectivity index (χ3v) is 5.59. The molecule has 4 nitrogen and oxygen atoms in total. The summed E-state index contributed by atoms with van der Waals surface area (Å²) in [5, 5.41) is 2.82. The molecule has 0 fully saturated rings. The Morgan fingerprint density at radius 1 is 1.43 bits per heavy atom. The van der Waals surface area contributed by atoms with E-state index in [-0.39, 0.29) is 23.9 Å². The Morgan fingerprint density at radius 2 is 2.10 bits per heavy atom. The largest absolute Gasteiger partial charge is 0.316 e. The first-order valence-electron chi connectivity index (χ1n) is 6.43. The van der Waals surface area contributed by atoms with Crippen molar-refractivity contribution in [3.63, 3.8) is 0 Å². The summed E-state index contributed by atoms with van der Waals surface area (Å²) >= 11 is 4.87. The lowest BCUT2D eigenvalue weighted by molar-refractivity contribution is 0.537. The average molecular weight is 399 g/mol. The van der Waals surface area contributed by atoms with Crippen molar-refractivity contribution in [2.24, 2.45) is 5.92 Å². The van der Waals surface area contributed by atoms with E-state index in [4.69, 9.17) is 0 Å². The van der Waals surface area contributed by atoms with Gasteiger partial charge in [-0.2, -0.15) is 11.8 Å². The molecule has 1 aromatic rings. The second kappa shape index (κ2) is 8.47. The maximum Gasteiger partial charge on any atom is 0.243 e. The molecule has 1 unspecified atom stereocenters. The average Bonchev–Trinajstić information content (AvgIpc) is 2.41. The monoisotopic (exact) mass is 398 g/mol. The van der Waals surface area contributed by atoms with Gasteiger partial charge in [-0.15, -0.1) is 0 Å². The summed E-state index contributed by atoms with van der Waals surface area (Å²) in [7, 11) is -2.18. The Kier molecular flexibility index (Phi) is 7.63. The zero-order valence-corrected chi connectivity index (χ0v) is 15.5. The van der Waals surface area contributed by atoms with Gasteiger partial charge in [0.05, 0.1) is 0 Å². The van der Waals surface area contributed by atoms with Gasteiger partial charge >= 0.3 is 0 Å². The Balaban J connectivity index is 3.02. The molecule has 0 amide bonds. The van der Waals surface area contributed by atoms with Gasteiger partial charge < -0.3 is 5.32 Å². The van der Waals surface area contributed by atoms with E-state index >= 15 is 0 Å². The number of hydrogen-bond donors (Lipinski definition) is 2. The van der Waals surface area contributed by atoms with Gasteiger partial charge in [-0.1, -0.05) is 22.9 Å². The van der Waals surface area contributed by atoms with Gasteiger partial charge in [-0.05, 0) is 37.1 Å². The first-order valence-corrected chi connectivity index (χ1v) is 10.1. The number of thioether (sulfide) groups is 1. The minimum Gasteiger partial charge on any atom is -0.316 e. The summed E-state index contributed by atoms with van der Waals surface area (Å²) in [6.07, 6.45) is 1.96. The van der Waals surface area contributed by atoms with Crippen LogP contribution in [0, 0.1) is 11.7 Å². The highest BCUT2D eigenvalue weighted by molar-refractivity contribution is 9.10. The van der Waals surface area contributed by atoms with Crippen LogP contribution < -0.4 is 10.0 Å². The minimum absolute atomic E-state index is 0.182. The minimum atomic E-state index is -3.86. The Bertz CT molecular complexity index is 582. The van der Waals surface area contributed by atoms with Crippen molar-refractivity contribution < 1.29 is 12.8 Å². The van der Waals surface area contributed by atoms with Crippen LogP contribution in [-0.2, 0) is 16.6 Å².